The van der Waals surface area contributed by atoms with Crippen LogP contribution in [-0.4, -0.2) is 62.9 Å². The molecule has 1 aliphatic rings. The summed E-state index contributed by atoms with van der Waals surface area (Å²) in [6.07, 6.45) is -1.92. The molecule has 0 unspecified atom stereocenters. The van der Waals surface area contributed by atoms with Gasteiger partial charge in [0.1, 0.15) is 12.1 Å². The van der Waals surface area contributed by atoms with Crippen LogP contribution in [0.4, 0.5) is 0 Å². The Morgan fingerprint density at radius 2 is 2.06 bits per heavy atom. The van der Waals surface area contributed by atoms with Crippen molar-refractivity contribution < 1.29 is 24.9 Å². The van der Waals surface area contributed by atoms with Gasteiger partial charge in [-0.05, 0) is 6.92 Å². The van der Waals surface area contributed by atoms with Crippen molar-refractivity contribution in [1.29, 1.82) is 0 Å². The van der Waals surface area contributed by atoms with Crippen molar-refractivity contribution in [2.75, 3.05) is 6.54 Å². The monoisotopic (exact) mass is 232 g/mol. The summed E-state index contributed by atoms with van der Waals surface area (Å²) in [4.78, 5) is 23.6. The van der Waals surface area contributed by atoms with Crippen molar-refractivity contribution in [1.82, 2.24) is 4.90 Å². The zero-order valence-electron chi connectivity index (χ0n) is 8.91. The molecule has 7 heteroatoms. The smallest absolute Gasteiger partial charge is 0.326 e. The summed E-state index contributed by atoms with van der Waals surface area (Å²) in [6.45, 7) is 1.29. The lowest BCUT2D eigenvalue weighted by Crippen LogP contribution is -2.52. The molecule has 0 spiro atoms. The molecule has 1 fully saturated rings. The van der Waals surface area contributed by atoms with Gasteiger partial charge in [0.05, 0.1) is 12.2 Å². The molecular weight excluding hydrogens is 216 g/mol. The normalized spacial score (nSPS) is 28.9. The molecule has 1 aliphatic heterocycles. The quantitative estimate of drug-likeness (QED) is 0.435. The van der Waals surface area contributed by atoms with Gasteiger partial charge in [0.25, 0.3) is 0 Å². The molecule has 92 valence electrons. The predicted molar refractivity (Wildman–Crippen MR) is 53.4 cm³/mol. The Labute approximate surface area is 92.5 Å². The number of aliphatic hydroxyl groups is 2. The molecule has 5 N–H and O–H groups in total. The topological polar surface area (TPSA) is 124 Å². The molecule has 0 radical (unpaired) electrons. The Kier molecular flexibility index (Phi) is 3.84. The highest BCUT2D eigenvalue weighted by molar-refractivity contribution is 5.88. The van der Waals surface area contributed by atoms with E-state index in [1.54, 1.807) is 0 Å². The van der Waals surface area contributed by atoms with Crippen LogP contribution in [0.15, 0.2) is 0 Å². The number of hydrogen-bond acceptors (Lipinski definition) is 5. The molecule has 0 aromatic heterocycles. The largest absolute Gasteiger partial charge is 0.480 e. The van der Waals surface area contributed by atoms with Crippen LogP contribution in [0.5, 0.6) is 0 Å². The van der Waals surface area contributed by atoms with E-state index in [2.05, 4.69) is 0 Å². The summed E-state index contributed by atoms with van der Waals surface area (Å²) >= 11 is 0. The molecule has 0 bridgehead atoms. The molecule has 1 rings (SSSR count). The van der Waals surface area contributed by atoms with Gasteiger partial charge in [0.2, 0.25) is 5.91 Å². The lowest BCUT2D eigenvalue weighted by atomic mass is 10.1. The number of nitrogens with zero attached hydrogens (tertiary/aromatic N) is 1. The Hall–Kier alpha value is -1.18. The highest BCUT2D eigenvalue weighted by Crippen LogP contribution is 2.19. The average molecular weight is 232 g/mol. The molecule has 1 heterocycles. The summed E-state index contributed by atoms with van der Waals surface area (Å²) in [5, 5.41) is 27.4. The summed E-state index contributed by atoms with van der Waals surface area (Å²) in [7, 11) is 0. The fourth-order valence-corrected chi connectivity index (χ4v) is 1.69. The number of carbonyl (C=O) groups excluding carboxylic acids is 1. The second-order valence-electron chi connectivity index (χ2n) is 4.00. The zero-order valence-corrected chi connectivity index (χ0v) is 8.91. The number of aliphatic carboxylic acids is 1. The number of carboxylic acid groups (broad SMARTS) is 1. The predicted octanol–water partition coefficient (Wildman–Crippen LogP) is -2.26. The zero-order chi connectivity index (χ0) is 12.5. The maximum Gasteiger partial charge on any atom is 0.326 e. The third-order valence-electron chi connectivity index (χ3n) is 2.65. The van der Waals surface area contributed by atoms with Gasteiger partial charge >= 0.3 is 5.97 Å². The number of amides is 1. The molecule has 4 atom stereocenters. The SMILES string of the molecule is C[C@@H](O)[C@H](N)C(=O)N1C[C@H](O)C[C@H]1C(=O)O. The van der Waals surface area contributed by atoms with Gasteiger partial charge in [-0.25, -0.2) is 4.79 Å². The third-order valence-corrected chi connectivity index (χ3v) is 2.65. The number of carbonyl (C=O) groups is 2. The molecule has 0 aromatic rings. The van der Waals surface area contributed by atoms with Gasteiger partial charge in [-0.15, -0.1) is 0 Å². The van der Waals surface area contributed by atoms with Gasteiger partial charge in [-0.3, -0.25) is 4.79 Å². The van der Waals surface area contributed by atoms with Gasteiger partial charge in [0.15, 0.2) is 0 Å². The fourth-order valence-electron chi connectivity index (χ4n) is 1.69. The molecule has 0 aromatic carbocycles. The number of hydrogen-bond donors (Lipinski definition) is 4. The van der Waals surface area contributed by atoms with Crippen LogP contribution in [-0.2, 0) is 9.59 Å². The van der Waals surface area contributed by atoms with E-state index in [0.717, 1.165) is 4.90 Å². The van der Waals surface area contributed by atoms with Gasteiger partial charge in [-0.1, -0.05) is 0 Å². The minimum atomic E-state index is -1.18. The van der Waals surface area contributed by atoms with E-state index < -0.39 is 36.2 Å². The minimum absolute atomic E-state index is 0.00635. The van der Waals surface area contributed by atoms with Crippen molar-refractivity contribution >= 4 is 11.9 Å². The van der Waals surface area contributed by atoms with Crippen molar-refractivity contribution in [2.45, 2.75) is 37.6 Å². The van der Waals surface area contributed by atoms with E-state index in [0.29, 0.717) is 0 Å². The molecule has 0 saturated carbocycles. The summed E-state index contributed by atoms with van der Waals surface area (Å²) in [6, 6.07) is -2.22. The molecule has 1 amide bonds. The summed E-state index contributed by atoms with van der Waals surface area (Å²) < 4.78 is 0. The highest BCUT2D eigenvalue weighted by Gasteiger charge is 2.41. The Morgan fingerprint density at radius 3 is 2.50 bits per heavy atom. The molecule has 16 heavy (non-hydrogen) atoms. The molecular formula is C9H16N2O5. The van der Waals surface area contributed by atoms with Gasteiger partial charge < -0.3 is 26.0 Å². The lowest BCUT2D eigenvalue weighted by molar-refractivity contribution is -0.149. The minimum Gasteiger partial charge on any atom is -0.480 e. The number of aliphatic hydroxyl groups excluding tert-OH is 2. The van der Waals surface area contributed by atoms with Crippen LogP contribution in [0.2, 0.25) is 0 Å². The summed E-state index contributed by atoms with van der Waals surface area (Å²) in [5.74, 6) is -1.83. The first-order valence-electron chi connectivity index (χ1n) is 4.99. The van der Waals surface area contributed by atoms with Crippen LogP contribution < -0.4 is 5.73 Å². The van der Waals surface area contributed by atoms with Gasteiger partial charge in [-0.2, -0.15) is 0 Å². The number of nitrogens with two attached hydrogens (primary N) is 1. The first-order valence-corrected chi connectivity index (χ1v) is 4.99. The van der Waals surface area contributed by atoms with E-state index >= 15 is 0 Å². The lowest BCUT2D eigenvalue weighted by Gasteiger charge is -2.25. The molecule has 1 saturated heterocycles. The van der Waals surface area contributed by atoms with Crippen LogP contribution in [0, 0.1) is 0 Å². The Morgan fingerprint density at radius 1 is 1.50 bits per heavy atom. The Bertz CT molecular complexity index is 294. The molecule has 0 aliphatic carbocycles. The van der Waals surface area contributed by atoms with Crippen LogP contribution in [0.3, 0.4) is 0 Å². The third kappa shape index (κ3) is 2.49. The van der Waals surface area contributed by atoms with Crippen LogP contribution >= 0.6 is 0 Å². The maximum absolute atomic E-state index is 11.7. The second-order valence-corrected chi connectivity index (χ2v) is 4.00. The van der Waals surface area contributed by atoms with Crippen molar-refractivity contribution in [3.63, 3.8) is 0 Å². The Balaban J connectivity index is 2.78. The fraction of sp³-hybridized carbons (Fsp3) is 0.778. The number of likely N-dealkylation sites (tertiary alicyclic amines) is 1. The van der Waals surface area contributed by atoms with Crippen LogP contribution in [0.25, 0.3) is 0 Å². The first-order chi connectivity index (χ1) is 7.34. The van der Waals surface area contributed by atoms with E-state index in [4.69, 9.17) is 15.9 Å². The maximum atomic E-state index is 11.7. The number of carboxylic acids is 1. The van der Waals surface area contributed by atoms with Gasteiger partial charge in [0, 0.05) is 13.0 Å². The van der Waals surface area contributed by atoms with Crippen LogP contribution in [0.1, 0.15) is 13.3 Å². The summed E-state index contributed by atoms with van der Waals surface area (Å²) in [5.41, 5.74) is 5.43. The number of β-amino-alcohol motifs (C(OH)–C–C–N with tert-alkyl or cyclic N) is 1. The highest BCUT2D eigenvalue weighted by atomic mass is 16.4. The first kappa shape index (κ1) is 12.9. The average Bonchev–Trinajstić information content (AvgIpc) is 2.58. The van der Waals surface area contributed by atoms with E-state index in [1.165, 1.54) is 6.92 Å². The molecule has 7 nitrogen and oxygen atoms in total. The van der Waals surface area contributed by atoms with Crippen molar-refractivity contribution in [3.05, 3.63) is 0 Å². The van der Waals surface area contributed by atoms with E-state index in [9.17, 15) is 14.7 Å². The van der Waals surface area contributed by atoms with E-state index in [-0.39, 0.29) is 13.0 Å². The number of rotatable bonds is 3. The second kappa shape index (κ2) is 4.77. The van der Waals surface area contributed by atoms with Crippen molar-refractivity contribution in [2.24, 2.45) is 5.73 Å². The standard InChI is InChI=1S/C9H16N2O5/c1-4(12)7(10)8(14)11-3-5(13)2-6(11)9(15)16/h4-7,12-13H,2-3,10H2,1H3,(H,15,16)/t4-,5-,6+,7+/m1/s1. The van der Waals surface area contributed by atoms with Crippen molar-refractivity contribution in [3.8, 4) is 0 Å². The van der Waals surface area contributed by atoms with E-state index in [1.807, 2.05) is 0 Å².